The highest BCUT2D eigenvalue weighted by molar-refractivity contribution is 5.89. The van der Waals surface area contributed by atoms with Gasteiger partial charge in [-0.05, 0) is 49.2 Å². The van der Waals surface area contributed by atoms with Crippen LogP contribution in [0.15, 0.2) is 42.5 Å². The molecule has 3 N–H and O–H groups in total. The summed E-state index contributed by atoms with van der Waals surface area (Å²) >= 11 is 0. The number of ether oxygens (including phenoxy) is 2. The number of aromatic nitrogens is 2. The van der Waals surface area contributed by atoms with Gasteiger partial charge < -0.3 is 25.1 Å². The quantitative estimate of drug-likeness (QED) is 0.607. The largest absolute Gasteiger partial charge is 0.465 e. The number of hydrogen-bond donors (Lipinski definition) is 2. The van der Waals surface area contributed by atoms with Gasteiger partial charge in [0.15, 0.2) is 5.75 Å². The first-order valence-electron chi connectivity index (χ1n) is 9.89. The molecule has 1 fully saturated rings. The molecule has 1 atom stereocenters. The molecular formula is C22H24N4O4. The van der Waals surface area contributed by atoms with Gasteiger partial charge in [0, 0.05) is 19.0 Å². The standard InChI is InChI=1S/C22H24N4O4/c1-29-21(27)15-7-5-14(6-8-15)9-11-26-12-10-16(13-26)20-24-17-3-2-4-18(19(17)25-20)30-22(23)28/h2-8,16H,9-13H2,1H3,(H2,23,28)(H,24,25). The van der Waals surface area contributed by atoms with E-state index in [9.17, 15) is 9.59 Å². The first kappa shape index (κ1) is 19.9. The number of esters is 1. The molecule has 0 radical (unpaired) electrons. The molecular weight excluding hydrogens is 384 g/mol. The Morgan fingerprint density at radius 3 is 2.77 bits per heavy atom. The molecule has 0 spiro atoms. The number of carbonyl (C=O) groups excluding carboxylic acids is 2. The van der Waals surface area contributed by atoms with Crippen LogP contribution in [-0.2, 0) is 11.2 Å². The van der Waals surface area contributed by atoms with Crippen LogP contribution >= 0.6 is 0 Å². The molecule has 0 aliphatic carbocycles. The maximum Gasteiger partial charge on any atom is 0.410 e. The van der Waals surface area contributed by atoms with Crippen molar-refractivity contribution >= 4 is 23.1 Å². The summed E-state index contributed by atoms with van der Waals surface area (Å²) in [5.74, 6) is 1.24. The summed E-state index contributed by atoms with van der Waals surface area (Å²) in [6.45, 7) is 2.84. The van der Waals surface area contributed by atoms with Crippen LogP contribution in [0.25, 0.3) is 11.0 Å². The normalized spacial score (nSPS) is 16.6. The van der Waals surface area contributed by atoms with E-state index in [4.69, 9.17) is 15.2 Å². The van der Waals surface area contributed by atoms with Crippen molar-refractivity contribution in [3.63, 3.8) is 0 Å². The maximum atomic E-state index is 11.5. The van der Waals surface area contributed by atoms with E-state index in [1.54, 1.807) is 24.3 Å². The first-order valence-corrected chi connectivity index (χ1v) is 9.89. The number of primary amides is 1. The molecule has 2 aromatic carbocycles. The van der Waals surface area contributed by atoms with E-state index in [0.29, 0.717) is 22.7 Å². The topological polar surface area (TPSA) is 111 Å². The lowest BCUT2D eigenvalue weighted by molar-refractivity contribution is 0.0600. The van der Waals surface area contributed by atoms with Gasteiger partial charge in [-0.1, -0.05) is 18.2 Å². The van der Waals surface area contributed by atoms with Crippen molar-refractivity contribution in [1.29, 1.82) is 0 Å². The summed E-state index contributed by atoms with van der Waals surface area (Å²) in [5.41, 5.74) is 8.34. The van der Waals surface area contributed by atoms with Crippen LogP contribution in [0.4, 0.5) is 4.79 Å². The molecule has 1 amide bonds. The van der Waals surface area contributed by atoms with Crippen molar-refractivity contribution in [1.82, 2.24) is 14.9 Å². The van der Waals surface area contributed by atoms with Crippen LogP contribution in [-0.4, -0.2) is 53.7 Å². The molecule has 4 rings (SSSR count). The van der Waals surface area contributed by atoms with Crippen LogP contribution in [0.3, 0.4) is 0 Å². The van der Waals surface area contributed by atoms with E-state index in [1.165, 1.54) is 12.7 Å². The minimum atomic E-state index is -0.848. The molecule has 8 heteroatoms. The molecule has 1 aliphatic rings. The lowest BCUT2D eigenvalue weighted by atomic mass is 10.1. The highest BCUT2D eigenvalue weighted by Crippen LogP contribution is 2.30. The van der Waals surface area contributed by atoms with Crippen molar-refractivity contribution < 1.29 is 19.1 Å². The number of nitrogens with zero attached hydrogens (tertiary/aromatic N) is 2. The lowest BCUT2D eigenvalue weighted by Gasteiger charge is -2.15. The average molecular weight is 408 g/mol. The minimum absolute atomic E-state index is 0.292. The Morgan fingerprint density at radius 2 is 2.03 bits per heavy atom. The van der Waals surface area contributed by atoms with Gasteiger partial charge in [0.1, 0.15) is 11.3 Å². The number of aromatic amines is 1. The number of nitrogens with two attached hydrogens (primary N) is 1. The number of rotatable bonds is 6. The molecule has 8 nitrogen and oxygen atoms in total. The summed E-state index contributed by atoms with van der Waals surface area (Å²) in [6, 6.07) is 12.9. The predicted molar refractivity (Wildman–Crippen MR) is 112 cm³/mol. The van der Waals surface area contributed by atoms with Gasteiger partial charge in [0.2, 0.25) is 0 Å². The van der Waals surface area contributed by atoms with Gasteiger partial charge in [-0.25, -0.2) is 14.6 Å². The number of methoxy groups -OCH3 is 1. The van der Waals surface area contributed by atoms with E-state index >= 15 is 0 Å². The second-order valence-electron chi connectivity index (χ2n) is 7.42. The summed E-state index contributed by atoms with van der Waals surface area (Å²) in [6.07, 6.45) is 1.07. The molecule has 1 aliphatic heterocycles. The summed E-state index contributed by atoms with van der Waals surface area (Å²) < 4.78 is 9.79. The fraction of sp³-hybridized carbons (Fsp3) is 0.318. The molecule has 0 saturated carbocycles. The Hall–Kier alpha value is -3.39. The van der Waals surface area contributed by atoms with E-state index in [-0.39, 0.29) is 5.97 Å². The van der Waals surface area contributed by atoms with Crippen molar-refractivity contribution in [2.24, 2.45) is 5.73 Å². The molecule has 0 bridgehead atoms. The number of hydrogen-bond acceptors (Lipinski definition) is 6. The second kappa shape index (κ2) is 8.54. The second-order valence-corrected chi connectivity index (χ2v) is 7.42. The van der Waals surface area contributed by atoms with Crippen LogP contribution in [0.5, 0.6) is 5.75 Å². The Morgan fingerprint density at radius 1 is 1.23 bits per heavy atom. The Balaban J connectivity index is 1.37. The van der Waals surface area contributed by atoms with Crippen LogP contribution < -0.4 is 10.5 Å². The third kappa shape index (κ3) is 4.28. The number of H-pyrrole nitrogens is 1. The van der Waals surface area contributed by atoms with Crippen LogP contribution in [0.2, 0.25) is 0 Å². The van der Waals surface area contributed by atoms with Gasteiger partial charge in [-0.15, -0.1) is 0 Å². The highest BCUT2D eigenvalue weighted by Gasteiger charge is 2.26. The number of amides is 1. The summed E-state index contributed by atoms with van der Waals surface area (Å²) in [4.78, 5) is 33.1. The fourth-order valence-corrected chi connectivity index (χ4v) is 3.88. The number of benzene rings is 2. The molecule has 1 unspecified atom stereocenters. The third-order valence-corrected chi connectivity index (χ3v) is 5.46. The fourth-order valence-electron chi connectivity index (χ4n) is 3.88. The maximum absolute atomic E-state index is 11.5. The summed E-state index contributed by atoms with van der Waals surface area (Å²) in [5, 5.41) is 0. The number of likely N-dealkylation sites (tertiary alicyclic amines) is 1. The monoisotopic (exact) mass is 408 g/mol. The van der Waals surface area contributed by atoms with Gasteiger partial charge in [-0.3, -0.25) is 0 Å². The SMILES string of the molecule is COC(=O)c1ccc(CCN2CCC(c3nc4c(OC(N)=O)cccc4[nH]3)C2)cc1. The van der Waals surface area contributed by atoms with E-state index in [0.717, 1.165) is 43.8 Å². The Kier molecular flexibility index (Phi) is 5.67. The number of fused-ring (bicyclic) bond motifs is 1. The van der Waals surface area contributed by atoms with Crippen molar-refractivity contribution in [3.8, 4) is 5.75 Å². The van der Waals surface area contributed by atoms with Crippen molar-refractivity contribution in [2.45, 2.75) is 18.8 Å². The highest BCUT2D eigenvalue weighted by atomic mass is 16.5. The lowest BCUT2D eigenvalue weighted by Crippen LogP contribution is -2.23. The van der Waals surface area contributed by atoms with Gasteiger partial charge >= 0.3 is 12.1 Å². The van der Waals surface area contributed by atoms with E-state index in [1.807, 2.05) is 18.2 Å². The number of carbonyl (C=O) groups is 2. The zero-order valence-corrected chi connectivity index (χ0v) is 16.8. The molecule has 1 saturated heterocycles. The molecule has 30 heavy (non-hydrogen) atoms. The molecule has 2 heterocycles. The number of nitrogens with one attached hydrogen (secondary N) is 1. The Labute approximate surface area is 174 Å². The third-order valence-electron chi connectivity index (χ3n) is 5.46. The smallest absolute Gasteiger partial charge is 0.410 e. The zero-order valence-electron chi connectivity index (χ0n) is 16.8. The first-order chi connectivity index (χ1) is 14.5. The number of imidazole rings is 1. The predicted octanol–water partition coefficient (Wildman–Crippen LogP) is 2.84. The molecule has 3 aromatic rings. The Bertz CT molecular complexity index is 1060. The van der Waals surface area contributed by atoms with E-state index < -0.39 is 6.09 Å². The summed E-state index contributed by atoms with van der Waals surface area (Å²) in [7, 11) is 1.38. The van der Waals surface area contributed by atoms with Gasteiger partial charge in [0.25, 0.3) is 0 Å². The number of para-hydroxylation sites is 1. The average Bonchev–Trinajstić information content (AvgIpc) is 3.39. The molecule has 1 aromatic heterocycles. The zero-order chi connectivity index (χ0) is 21.1. The van der Waals surface area contributed by atoms with Gasteiger partial charge in [0.05, 0.1) is 18.2 Å². The van der Waals surface area contributed by atoms with Gasteiger partial charge in [-0.2, -0.15) is 0 Å². The minimum Gasteiger partial charge on any atom is -0.465 e. The van der Waals surface area contributed by atoms with Crippen molar-refractivity contribution in [3.05, 3.63) is 59.4 Å². The van der Waals surface area contributed by atoms with Crippen LogP contribution in [0.1, 0.15) is 34.1 Å². The van der Waals surface area contributed by atoms with Crippen LogP contribution in [0, 0.1) is 0 Å². The van der Waals surface area contributed by atoms with E-state index in [2.05, 4.69) is 14.9 Å². The van der Waals surface area contributed by atoms with Crippen molar-refractivity contribution in [2.75, 3.05) is 26.7 Å². The molecule has 156 valence electrons.